The van der Waals surface area contributed by atoms with Gasteiger partial charge in [-0.2, -0.15) is 0 Å². The summed E-state index contributed by atoms with van der Waals surface area (Å²) < 4.78 is 16.0. The Hall–Kier alpha value is -2.18. The van der Waals surface area contributed by atoms with Crippen LogP contribution in [-0.2, 0) is 6.54 Å². The van der Waals surface area contributed by atoms with E-state index in [1.807, 2.05) is 37.3 Å². The van der Waals surface area contributed by atoms with Gasteiger partial charge in [-0.1, -0.05) is 17.7 Å². The van der Waals surface area contributed by atoms with E-state index in [1.54, 1.807) is 21.3 Å². The van der Waals surface area contributed by atoms with Gasteiger partial charge in [0.25, 0.3) is 0 Å². The second-order valence-electron chi connectivity index (χ2n) is 5.32. The standard InChI is InChI=1S/C18H21ClN2O3S/c1-11-5-6-14(13(19)7-11)21-18(25)20-10-12-8-15(22-2)17(24-4)16(9-12)23-3/h5-9H,10H2,1-4H3,(H2,20,21,25). The molecule has 0 atom stereocenters. The second kappa shape index (κ2) is 8.78. The number of thiocarbonyl (C=S) groups is 1. The summed E-state index contributed by atoms with van der Waals surface area (Å²) in [7, 11) is 4.74. The number of methoxy groups -OCH3 is 3. The van der Waals surface area contributed by atoms with Gasteiger partial charge in [-0.3, -0.25) is 0 Å². The third-order valence-corrected chi connectivity index (χ3v) is 4.11. The molecule has 0 aliphatic carbocycles. The van der Waals surface area contributed by atoms with Gasteiger partial charge in [0.15, 0.2) is 16.6 Å². The molecule has 0 radical (unpaired) electrons. The number of ether oxygens (including phenoxy) is 3. The van der Waals surface area contributed by atoms with E-state index in [4.69, 9.17) is 38.0 Å². The number of hydrogen-bond donors (Lipinski definition) is 2. The third-order valence-electron chi connectivity index (χ3n) is 3.55. The predicted octanol–water partition coefficient (Wildman–Crippen LogP) is 4.16. The fraction of sp³-hybridized carbons (Fsp3) is 0.278. The molecule has 0 saturated carbocycles. The smallest absolute Gasteiger partial charge is 0.203 e. The topological polar surface area (TPSA) is 51.8 Å². The summed E-state index contributed by atoms with van der Waals surface area (Å²) in [4.78, 5) is 0. The number of aryl methyl sites for hydroxylation is 1. The van der Waals surface area contributed by atoms with Crippen LogP contribution in [0.3, 0.4) is 0 Å². The quantitative estimate of drug-likeness (QED) is 0.734. The van der Waals surface area contributed by atoms with Gasteiger partial charge in [0, 0.05) is 6.54 Å². The Morgan fingerprint density at radius 3 is 2.20 bits per heavy atom. The monoisotopic (exact) mass is 380 g/mol. The van der Waals surface area contributed by atoms with E-state index in [1.165, 1.54) is 0 Å². The first kappa shape index (κ1) is 19.1. The van der Waals surface area contributed by atoms with Crippen LogP contribution in [0, 0.1) is 6.92 Å². The normalized spacial score (nSPS) is 10.1. The average molecular weight is 381 g/mol. The molecule has 0 aliphatic heterocycles. The maximum Gasteiger partial charge on any atom is 0.203 e. The van der Waals surface area contributed by atoms with Crippen LogP contribution < -0.4 is 24.8 Å². The summed E-state index contributed by atoms with van der Waals surface area (Å²) in [5.41, 5.74) is 2.79. The first-order valence-corrected chi connectivity index (χ1v) is 8.37. The number of hydrogen-bond acceptors (Lipinski definition) is 4. The van der Waals surface area contributed by atoms with Crippen LogP contribution in [-0.4, -0.2) is 26.4 Å². The van der Waals surface area contributed by atoms with Gasteiger partial charge in [0.1, 0.15) is 0 Å². The number of rotatable bonds is 6. The van der Waals surface area contributed by atoms with E-state index in [0.29, 0.717) is 33.9 Å². The molecule has 0 aromatic heterocycles. The first-order chi connectivity index (χ1) is 12.0. The minimum absolute atomic E-state index is 0.472. The summed E-state index contributed by atoms with van der Waals surface area (Å²) in [6, 6.07) is 9.48. The SMILES string of the molecule is COc1cc(CNC(=S)Nc2ccc(C)cc2Cl)cc(OC)c1OC. The van der Waals surface area contributed by atoms with E-state index >= 15 is 0 Å². The van der Waals surface area contributed by atoms with Crippen LogP contribution in [0.15, 0.2) is 30.3 Å². The second-order valence-corrected chi connectivity index (χ2v) is 6.14. The third kappa shape index (κ3) is 4.90. The molecule has 0 aliphatic rings. The van der Waals surface area contributed by atoms with Crippen LogP contribution in [0.5, 0.6) is 17.2 Å². The van der Waals surface area contributed by atoms with Crippen LogP contribution >= 0.6 is 23.8 Å². The lowest BCUT2D eigenvalue weighted by Gasteiger charge is -2.16. The Labute approximate surface area is 158 Å². The van der Waals surface area contributed by atoms with E-state index in [0.717, 1.165) is 16.8 Å². The molecule has 0 amide bonds. The highest BCUT2D eigenvalue weighted by Crippen LogP contribution is 2.38. The molecule has 2 rings (SSSR count). The van der Waals surface area contributed by atoms with Crippen molar-refractivity contribution < 1.29 is 14.2 Å². The highest BCUT2D eigenvalue weighted by Gasteiger charge is 2.13. The lowest BCUT2D eigenvalue weighted by atomic mass is 10.2. The van der Waals surface area contributed by atoms with Gasteiger partial charge in [-0.25, -0.2) is 0 Å². The molecular weight excluding hydrogens is 360 g/mol. The molecule has 2 aromatic carbocycles. The van der Waals surface area contributed by atoms with Gasteiger partial charge < -0.3 is 24.8 Å². The van der Waals surface area contributed by atoms with Crippen molar-refractivity contribution >= 4 is 34.6 Å². The fourth-order valence-electron chi connectivity index (χ4n) is 2.31. The lowest BCUT2D eigenvalue weighted by molar-refractivity contribution is 0.323. The van der Waals surface area contributed by atoms with Crippen molar-refractivity contribution in [1.82, 2.24) is 5.32 Å². The first-order valence-electron chi connectivity index (χ1n) is 7.58. The molecule has 0 bridgehead atoms. The minimum atomic E-state index is 0.472. The van der Waals surface area contributed by atoms with Crippen LogP contribution in [0.1, 0.15) is 11.1 Å². The summed E-state index contributed by atoms with van der Waals surface area (Å²) >= 11 is 11.5. The van der Waals surface area contributed by atoms with Crippen molar-refractivity contribution in [1.29, 1.82) is 0 Å². The molecular formula is C18H21ClN2O3S. The van der Waals surface area contributed by atoms with E-state index < -0.39 is 0 Å². The summed E-state index contributed by atoms with van der Waals surface area (Å²) in [5, 5.41) is 7.32. The largest absolute Gasteiger partial charge is 0.493 e. The van der Waals surface area contributed by atoms with Crippen molar-refractivity contribution in [2.75, 3.05) is 26.6 Å². The molecule has 2 N–H and O–H groups in total. The number of benzene rings is 2. The zero-order chi connectivity index (χ0) is 18.4. The van der Waals surface area contributed by atoms with Gasteiger partial charge in [-0.15, -0.1) is 0 Å². The Bertz CT molecular complexity index is 743. The number of anilines is 1. The summed E-state index contributed by atoms with van der Waals surface area (Å²) in [6.45, 7) is 2.47. The molecule has 0 spiro atoms. The Morgan fingerprint density at radius 2 is 1.68 bits per heavy atom. The van der Waals surface area contributed by atoms with E-state index in [-0.39, 0.29) is 0 Å². The maximum absolute atomic E-state index is 6.21. The molecule has 2 aromatic rings. The molecule has 0 heterocycles. The molecule has 0 saturated heterocycles. The highest BCUT2D eigenvalue weighted by molar-refractivity contribution is 7.80. The van der Waals surface area contributed by atoms with Crippen molar-refractivity contribution in [3.63, 3.8) is 0 Å². The number of nitrogens with one attached hydrogen (secondary N) is 2. The van der Waals surface area contributed by atoms with Crippen molar-refractivity contribution in [2.45, 2.75) is 13.5 Å². The zero-order valence-electron chi connectivity index (χ0n) is 14.6. The van der Waals surface area contributed by atoms with Crippen LogP contribution in [0.4, 0.5) is 5.69 Å². The molecule has 25 heavy (non-hydrogen) atoms. The zero-order valence-corrected chi connectivity index (χ0v) is 16.2. The minimum Gasteiger partial charge on any atom is -0.493 e. The lowest BCUT2D eigenvalue weighted by Crippen LogP contribution is -2.28. The van der Waals surface area contributed by atoms with E-state index in [2.05, 4.69) is 10.6 Å². The fourth-order valence-corrected chi connectivity index (χ4v) is 2.77. The van der Waals surface area contributed by atoms with Crippen molar-refractivity contribution in [3.8, 4) is 17.2 Å². The van der Waals surface area contributed by atoms with Gasteiger partial charge in [-0.05, 0) is 54.5 Å². The summed E-state index contributed by atoms with van der Waals surface area (Å²) in [5.74, 6) is 1.75. The van der Waals surface area contributed by atoms with Crippen molar-refractivity contribution in [2.24, 2.45) is 0 Å². The Kier molecular flexibility index (Phi) is 6.73. The molecule has 0 fully saturated rings. The van der Waals surface area contributed by atoms with Crippen LogP contribution in [0.25, 0.3) is 0 Å². The molecule has 7 heteroatoms. The Morgan fingerprint density at radius 1 is 1.04 bits per heavy atom. The Balaban J connectivity index is 2.06. The molecule has 5 nitrogen and oxygen atoms in total. The molecule has 134 valence electrons. The van der Waals surface area contributed by atoms with Crippen LogP contribution in [0.2, 0.25) is 5.02 Å². The molecule has 0 unspecified atom stereocenters. The summed E-state index contributed by atoms with van der Waals surface area (Å²) in [6.07, 6.45) is 0. The average Bonchev–Trinajstić information content (AvgIpc) is 2.61. The van der Waals surface area contributed by atoms with Gasteiger partial charge in [0.05, 0.1) is 32.0 Å². The van der Waals surface area contributed by atoms with E-state index in [9.17, 15) is 0 Å². The van der Waals surface area contributed by atoms with Gasteiger partial charge >= 0.3 is 0 Å². The maximum atomic E-state index is 6.21. The number of halogens is 1. The van der Waals surface area contributed by atoms with Gasteiger partial charge in [0.2, 0.25) is 5.75 Å². The highest BCUT2D eigenvalue weighted by atomic mass is 35.5. The predicted molar refractivity (Wildman–Crippen MR) is 105 cm³/mol. The van der Waals surface area contributed by atoms with Crippen molar-refractivity contribution in [3.05, 3.63) is 46.5 Å².